The van der Waals surface area contributed by atoms with Crippen LogP contribution in [0.5, 0.6) is 0 Å². The highest BCUT2D eigenvalue weighted by molar-refractivity contribution is 5.93. The summed E-state index contributed by atoms with van der Waals surface area (Å²) in [6.07, 6.45) is 3.33. The van der Waals surface area contributed by atoms with Crippen LogP contribution in [-0.2, 0) is 24.9 Å². The van der Waals surface area contributed by atoms with Gasteiger partial charge < -0.3 is 9.64 Å². The SMILES string of the molecule is Cn1c(C2C(C3CC3)CCN2C(=O)c2cc3n(n2)CCOC3)n[nH]c1=O. The molecule has 0 spiro atoms. The Labute approximate surface area is 149 Å². The van der Waals surface area contributed by atoms with Gasteiger partial charge in [-0.05, 0) is 37.2 Å². The molecule has 2 aliphatic heterocycles. The Morgan fingerprint density at radius 1 is 1.31 bits per heavy atom. The van der Waals surface area contributed by atoms with Crippen LogP contribution in [0, 0.1) is 11.8 Å². The van der Waals surface area contributed by atoms with Crippen molar-refractivity contribution in [2.75, 3.05) is 13.2 Å². The monoisotopic (exact) mass is 358 g/mol. The molecular weight excluding hydrogens is 336 g/mol. The standard InChI is InChI=1S/C17H22N6O3/c1-21-15(18-19-17(21)25)14-12(10-2-3-10)4-5-22(14)16(24)13-8-11-9-26-7-6-23(11)20-13/h8,10,12,14H,2-7,9H2,1H3,(H,19,25). The second-order valence-electron chi connectivity index (χ2n) is 7.48. The van der Waals surface area contributed by atoms with E-state index < -0.39 is 0 Å². The molecule has 0 bridgehead atoms. The van der Waals surface area contributed by atoms with E-state index in [1.165, 1.54) is 17.4 Å². The zero-order chi connectivity index (χ0) is 17.8. The van der Waals surface area contributed by atoms with Crippen molar-refractivity contribution in [1.82, 2.24) is 29.4 Å². The molecule has 4 heterocycles. The van der Waals surface area contributed by atoms with Gasteiger partial charge in [0.2, 0.25) is 0 Å². The van der Waals surface area contributed by atoms with Gasteiger partial charge in [-0.2, -0.15) is 10.2 Å². The highest BCUT2D eigenvalue weighted by Gasteiger charge is 2.48. The lowest BCUT2D eigenvalue weighted by molar-refractivity contribution is 0.0690. The van der Waals surface area contributed by atoms with Crippen molar-refractivity contribution < 1.29 is 9.53 Å². The molecule has 2 atom stereocenters. The van der Waals surface area contributed by atoms with E-state index in [1.807, 2.05) is 15.6 Å². The third-order valence-corrected chi connectivity index (χ3v) is 5.89. The van der Waals surface area contributed by atoms with Crippen LogP contribution in [-0.4, -0.2) is 48.5 Å². The van der Waals surface area contributed by atoms with Crippen LogP contribution in [0.2, 0.25) is 0 Å². The Morgan fingerprint density at radius 3 is 2.85 bits per heavy atom. The summed E-state index contributed by atoms with van der Waals surface area (Å²) in [6.45, 7) is 2.45. The average Bonchev–Trinajstić information content (AvgIpc) is 3.12. The Bertz CT molecular complexity index is 884. The van der Waals surface area contributed by atoms with Crippen LogP contribution in [0.3, 0.4) is 0 Å². The van der Waals surface area contributed by atoms with Gasteiger partial charge in [0.15, 0.2) is 11.5 Å². The first-order chi connectivity index (χ1) is 12.6. The quantitative estimate of drug-likeness (QED) is 0.859. The number of nitrogens with one attached hydrogen (secondary N) is 1. The summed E-state index contributed by atoms with van der Waals surface area (Å²) < 4.78 is 8.82. The average molecular weight is 358 g/mol. The molecule has 1 saturated heterocycles. The van der Waals surface area contributed by atoms with Gasteiger partial charge in [0.05, 0.1) is 31.5 Å². The molecule has 1 N–H and O–H groups in total. The normalized spacial score (nSPS) is 25.5. The van der Waals surface area contributed by atoms with Crippen LogP contribution < -0.4 is 5.69 Å². The number of ether oxygens (including phenoxy) is 1. The Morgan fingerprint density at radius 2 is 2.15 bits per heavy atom. The maximum Gasteiger partial charge on any atom is 0.343 e. The Hall–Kier alpha value is -2.42. The van der Waals surface area contributed by atoms with Crippen molar-refractivity contribution in [3.8, 4) is 0 Å². The molecule has 2 aromatic rings. The van der Waals surface area contributed by atoms with Crippen molar-refractivity contribution in [3.05, 3.63) is 33.8 Å². The number of rotatable bonds is 3. The van der Waals surface area contributed by atoms with Crippen LogP contribution in [0.4, 0.5) is 0 Å². The number of H-pyrrole nitrogens is 1. The minimum atomic E-state index is -0.247. The third kappa shape index (κ3) is 2.41. The predicted molar refractivity (Wildman–Crippen MR) is 90.3 cm³/mol. The summed E-state index contributed by atoms with van der Waals surface area (Å²) in [5, 5.41) is 11.2. The number of likely N-dealkylation sites (tertiary alicyclic amines) is 1. The molecular formula is C17H22N6O3. The fourth-order valence-electron chi connectivity index (χ4n) is 4.36. The van der Waals surface area contributed by atoms with Gasteiger partial charge in [-0.1, -0.05) is 0 Å². The summed E-state index contributed by atoms with van der Waals surface area (Å²) in [6, 6.07) is 1.65. The molecule has 0 radical (unpaired) electrons. The minimum Gasteiger partial charge on any atom is -0.373 e. The van der Waals surface area contributed by atoms with E-state index in [0.717, 1.165) is 12.1 Å². The van der Waals surface area contributed by atoms with Crippen LogP contribution >= 0.6 is 0 Å². The second kappa shape index (κ2) is 5.80. The summed E-state index contributed by atoms with van der Waals surface area (Å²) >= 11 is 0. The van der Waals surface area contributed by atoms with Gasteiger partial charge in [0.25, 0.3) is 5.91 Å². The smallest absolute Gasteiger partial charge is 0.343 e. The maximum absolute atomic E-state index is 13.2. The molecule has 2 unspecified atom stereocenters. The van der Waals surface area contributed by atoms with E-state index in [4.69, 9.17) is 4.74 Å². The van der Waals surface area contributed by atoms with Crippen LogP contribution in [0.1, 0.15) is 47.3 Å². The number of hydrogen-bond donors (Lipinski definition) is 1. The molecule has 2 fully saturated rings. The lowest BCUT2D eigenvalue weighted by Gasteiger charge is -2.26. The molecule has 1 amide bonds. The summed E-state index contributed by atoms with van der Waals surface area (Å²) in [5.41, 5.74) is 1.14. The molecule has 2 aromatic heterocycles. The second-order valence-corrected chi connectivity index (χ2v) is 7.48. The molecule has 3 aliphatic rings. The number of hydrogen-bond acceptors (Lipinski definition) is 5. The predicted octanol–water partition coefficient (Wildman–Crippen LogP) is 0.449. The number of fused-ring (bicyclic) bond motifs is 1. The number of aromatic amines is 1. The van der Waals surface area contributed by atoms with E-state index in [2.05, 4.69) is 15.3 Å². The fourth-order valence-corrected chi connectivity index (χ4v) is 4.36. The largest absolute Gasteiger partial charge is 0.373 e. The molecule has 1 saturated carbocycles. The number of carbonyl (C=O) groups is 1. The van der Waals surface area contributed by atoms with Gasteiger partial charge in [0, 0.05) is 13.6 Å². The number of nitrogens with zero attached hydrogens (tertiary/aromatic N) is 5. The van der Waals surface area contributed by atoms with E-state index in [1.54, 1.807) is 7.05 Å². The number of amides is 1. The van der Waals surface area contributed by atoms with Crippen LogP contribution in [0.15, 0.2) is 10.9 Å². The van der Waals surface area contributed by atoms with E-state index in [-0.39, 0.29) is 17.6 Å². The summed E-state index contributed by atoms with van der Waals surface area (Å²) in [5.74, 6) is 1.53. The highest BCUT2D eigenvalue weighted by Crippen LogP contribution is 2.50. The van der Waals surface area contributed by atoms with E-state index >= 15 is 0 Å². The molecule has 9 nitrogen and oxygen atoms in total. The Balaban J connectivity index is 1.50. The summed E-state index contributed by atoms with van der Waals surface area (Å²) in [7, 11) is 1.71. The molecule has 5 rings (SSSR count). The van der Waals surface area contributed by atoms with Gasteiger partial charge in [-0.25, -0.2) is 9.89 Å². The van der Waals surface area contributed by atoms with Gasteiger partial charge >= 0.3 is 5.69 Å². The lowest BCUT2D eigenvalue weighted by atomic mass is 9.94. The maximum atomic E-state index is 13.2. The molecule has 26 heavy (non-hydrogen) atoms. The van der Waals surface area contributed by atoms with Crippen molar-refractivity contribution in [1.29, 1.82) is 0 Å². The van der Waals surface area contributed by atoms with Crippen molar-refractivity contribution in [2.24, 2.45) is 18.9 Å². The minimum absolute atomic E-state index is 0.0875. The molecule has 138 valence electrons. The molecule has 9 heteroatoms. The lowest BCUT2D eigenvalue weighted by Crippen LogP contribution is -2.35. The first-order valence-electron chi connectivity index (χ1n) is 9.20. The van der Waals surface area contributed by atoms with Gasteiger partial charge in [0.1, 0.15) is 0 Å². The first kappa shape index (κ1) is 15.8. The third-order valence-electron chi connectivity index (χ3n) is 5.89. The first-order valence-corrected chi connectivity index (χ1v) is 9.20. The Kier molecular flexibility index (Phi) is 3.53. The van der Waals surface area contributed by atoms with Crippen LogP contribution in [0.25, 0.3) is 0 Å². The van der Waals surface area contributed by atoms with Crippen molar-refractivity contribution >= 4 is 5.91 Å². The van der Waals surface area contributed by atoms with E-state index in [9.17, 15) is 9.59 Å². The topological polar surface area (TPSA) is 98.0 Å². The van der Waals surface area contributed by atoms with Gasteiger partial charge in [-0.15, -0.1) is 0 Å². The fraction of sp³-hybridized carbons (Fsp3) is 0.647. The molecule has 1 aliphatic carbocycles. The number of aromatic nitrogens is 5. The van der Waals surface area contributed by atoms with Crippen molar-refractivity contribution in [2.45, 2.75) is 38.5 Å². The highest BCUT2D eigenvalue weighted by atomic mass is 16.5. The summed E-state index contributed by atoms with van der Waals surface area (Å²) in [4.78, 5) is 27.0. The zero-order valence-corrected chi connectivity index (χ0v) is 14.7. The number of carbonyl (C=O) groups excluding carboxylic acids is 1. The zero-order valence-electron chi connectivity index (χ0n) is 14.7. The molecule has 0 aromatic carbocycles. The van der Waals surface area contributed by atoms with Gasteiger partial charge in [-0.3, -0.25) is 14.0 Å². The van der Waals surface area contributed by atoms with Crippen molar-refractivity contribution in [3.63, 3.8) is 0 Å². The van der Waals surface area contributed by atoms with E-state index in [0.29, 0.717) is 49.7 Å².